The minimum Gasteiger partial charge on any atom is -0.359 e. The lowest BCUT2D eigenvalue weighted by Gasteiger charge is -2.17. The van der Waals surface area contributed by atoms with Crippen molar-refractivity contribution in [3.63, 3.8) is 0 Å². The quantitative estimate of drug-likeness (QED) is 0.393. The van der Waals surface area contributed by atoms with Gasteiger partial charge >= 0.3 is 0 Å². The van der Waals surface area contributed by atoms with Gasteiger partial charge in [-0.05, 0) is 38.4 Å². The van der Waals surface area contributed by atoms with Crippen LogP contribution in [0.4, 0.5) is 0 Å². The number of rotatable bonds is 10. The first-order chi connectivity index (χ1) is 11.1. The molecule has 23 heavy (non-hydrogen) atoms. The van der Waals surface area contributed by atoms with Gasteiger partial charge < -0.3 is 20.1 Å². The summed E-state index contributed by atoms with van der Waals surface area (Å²) in [6.45, 7) is 13.6. The maximum absolute atomic E-state index is 5.31. The molecule has 0 amide bonds. The fraction of sp³-hybridized carbons (Fsp3) is 0.765. The van der Waals surface area contributed by atoms with Crippen LogP contribution in [0.15, 0.2) is 15.6 Å². The van der Waals surface area contributed by atoms with Gasteiger partial charge in [-0.25, -0.2) is 0 Å². The van der Waals surface area contributed by atoms with E-state index in [1.54, 1.807) is 7.05 Å². The van der Waals surface area contributed by atoms with Crippen molar-refractivity contribution in [2.45, 2.75) is 53.0 Å². The van der Waals surface area contributed by atoms with Crippen LogP contribution in [-0.4, -0.2) is 49.2 Å². The highest BCUT2D eigenvalue weighted by Gasteiger charge is 2.08. The Kier molecular flexibility index (Phi) is 9.36. The molecule has 1 aromatic rings. The zero-order valence-electron chi connectivity index (χ0n) is 15.4. The molecule has 0 aromatic carbocycles. The predicted molar refractivity (Wildman–Crippen MR) is 95.8 cm³/mol. The van der Waals surface area contributed by atoms with Gasteiger partial charge in [-0.1, -0.05) is 32.9 Å². The summed E-state index contributed by atoms with van der Waals surface area (Å²) in [5.74, 6) is 2.02. The zero-order chi connectivity index (χ0) is 17.1. The lowest BCUT2D eigenvalue weighted by Crippen LogP contribution is -2.37. The van der Waals surface area contributed by atoms with E-state index in [0.29, 0.717) is 12.5 Å². The summed E-state index contributed by atoms with van der Waals surface area (Å²) in [6, 6.07) is 2.00. The Morgan fingerprint density at radius 1 is 1.26 bits per heavy atom. The van der Waals surface area contributed by atoms with Gasteiger partial charge in [-0.15, -0.1) is 0 Å². The van der Waals surface area contributed by atoms with Crippen molar-refractivity contribution in [3.05, 3.63) is 17.5 Å². The first-order valence-electron chi connectivity index (χ1n) is 8.73. The smallest absolute Gasteiger partial charge is 0.191 e. The van der Waals surface area contributed by atoms with E-state index in [1.807, 2.05) is 6.07 Å². The van der Waals surface area contributed by atoms with Crippen molar-refractivity contribution in [1.29, 1.82) is 0 Å². The third-order valence-corrected chi connectivity index (χ3v) is 3.91. The number of guanidine groups is 1. The molecule has 132 valence electrons. The van der Waals surface area contributed by atoms with Gasteiger partial charge in [0.25, 0.3) is 0 Å². The Morgan fingerprint density at radius 2 is 2.00 bits per heavy atom. The molecular weight excluding hydrogens is 290 g/mol. The maximum Gasteiger partial charge on any atom is 0.191 e. The van der Waals surface area contributed by atoms with Crippen molar-refractivity contribution in [3.8, 4) is 0 Å². The third kappa shape index (κ3) is 7.50. The summed E-state index contributed by atoms with van der Waals surface area (Å²) in [5, 5.41) is 10.7. The molecule has 0 radical (unpaired) electrons. The van der Waals surface area contributed by atoms with Crippen LogP contribution >= 0.6 is 0 Å². The number of hydrogen-bond donors (Lipinski definition) is 2. The number of aliphatic imine (C=N–C) groups is 1. The Hall–Kier alpha value is -1.56. The maximum atomic E-state index is 5.31. The van der Waals surface area contributed by atoms with Crippen LogP contribution in [0.25, 0.3) is 0 Å². The van der Waals surface area contributed by atoms with Gasteiger partial charge in [-0.2, -0.15) is 0 Å². The van der Waals surface area contributed by atoms with Crippen molar-refractivity contribution >= 4 is 5.96 Å². The Bertz CT molecular complexity index is 452. The summed E-state index contributed by atoms with van der Waals surface area (Å²) in [5.41, 5.74) is 0.987. The fourth-order valence-corrected chi connectivity index (χ4v) is 2.28. The molecule has 6 nitrogen and oxygen atoms in total. The number of nitrogens with one attached hydrogen (secondary N) is 2. The molecule has 0 aliphatic rings. The molecule has 1 heterocycles. The first-order valence-corrected chi connectivity index (χ1v) is 8.73. The van der Waals surface area contributed by atoms with Gasteiger partial charge in [0.05, 0.1) is 12.2 Å². The average molecular weight is 323 g/mol. The molecule has 0 saturated carbocycles. The third-order valence-electron chi connectivity index (χ3n) is 3.91. The molecule has 1 rings (SSSR count). The van der Waals surface area contributed by atoms with E-state index < -0.39 is 0 Å². The normalized spacial score (nSPS) is 12.2. The molecule has 0 atom stereocenters. The van der Waals surface area contributed by atoms with Crippen LogP contribution in [0.1, 0.15) is 57.9 Å². The highest BCUT2D eigenvalue weighted by molar-refractivity contribution is 5.79. The number of unbranched alkanes of at least 4 members (excludes halogenated alkanes) is 1. The van der Waals surface area contributed by atoms with Crippen LogP contribution in [0.5, 0.6) is 0 Å². The second-order valence-corrected chi connectivity index (χ2v) is 5.96. The first kappa shape index (κ1) is 19.5. The van der Waals surface area contributed by atoms with E-state index in [2.05, 4.69) is 53.4 Å². The standard InChI is InChI=1S/C17H33N5O/c1-6-22(7-2)11-9-8-10-19-17(18-5)20-13-15-12-16(14(3)4)21-23-15/h12,14H,6-11,13H2,1-5H3,(H2,18,19,20). The van der Waals surface area contributed by atoms with E-state index in [4.69, 9.17) is 4.52 Å². The van der Waals surface area contributed by atoms with Gasteiger partial charge in [0.2, 0.25) is 0 Å². The summed E-state index contributed by atoms with van der Waals surface area (Å²) >= 11 is 0. The molecule has 2 N–H and O–H groups in total. The zero-order valence-corrected chi connectivity index (χ0v) is 15.4. The minimum absolute atomic E-state index is 0.385. The molecule has 1 aromatic heterocycles. The largest absolute Gasteiger partial charge is 0.359 e. The number of nitrogens with zero attached hydrogens (tertiary/aromatic N) is 3. The molecule has 0 aliphatic carbocycles. The highest BCUT2D eigenvalue weighted by atomic mass is 16.5. The molecular formula is C17H33N5O. The Balaban J connectivity index is 2.21. The Morgan fingerprint density at radius 3 is 2.57 bits per heavy atom. The van der Waals surface area contributed by atoms with E-state index in [9.17, 15) is 0 Å². The van der Waals surface area contributed by atoms with Crippen molar-refractivity contribution < 1.29 is 4.52 Å². The second-order valence-electron chi connectivity index (χ2n) is 5.96. The van der Waals surface area contributed by atoms with Gasteiger partial charge in [0.1, 0.15) is 0 Å². The van der Waals surface area contributed by atoms with E-state index >= 15 is 0 Å². The van der Waals surface area contributed by atoms with Crippen LogP contribution in [0, 0.1) is 0 Å². The van der Waals surface area contributed by atoms with Crippen LogP contribution in [-0.2, 0) is 6.54 Å². The van der Waals surface area contributed by atoms with Gasteiger partial charge in [-0.3, -0.25) is 4.99 Å². The summed E-state index contributed by atoms with van der Waals surface area (Å²) in [4.78, 5) is 6.68. The number of aromatic nitrogens is 1. The lowest BCUT2D eigenvalue weighted by molar-refractivity contribution is 0.297. The van der Waals surface area contributed by atoms with Gasteiger partial charge in [0, 0.05) is 19.7 Å². The van der Waals surface area contributed by atoms with E-state index in [1.165, 1.54) is 6.42 Å². The Labute approximate surface area is 140 Å². The molecule has 6 heteroatoms. The predicted octanol–water partition coefficient (Wildman–Crippen LogP) is 2.59. The number of hydrogen-bond acceptors (Lipinski definition) is 4. The molecule has 0 aliphatic heterocycles. The van der Waals surface area contributed by atoms with Crippen LogP contribution in [0.2, 0.25) is 0 Å². The van der Waals surface area contributed by atoms with E-state index in [-0.39, 0.29) is 0 Å². The molecule has 0 unspecified atom stereocenters. The van der Waals surface area contributed by atoms with E-state index in [0.717, 1.165) is 50.0 Å². The van der Waals surface area contributed by atoms with Crippen molar-refractivity contribution in [1.82, 2.24) is 20.7 Å². The fourth-order valence-electron chi connectivity index (χ4n) is 2.28. The van der Waals surface area contributed by atoms with Crippen LogP contribution < -0.4 is 10.6 Å². The lowest BCUT2D eigenvalue weighted by atomic mass is 10.1. The molecule has 0 fully saturated rings. The minimum atomic E-state index is 0.385. The molecule has 0 spiro atoms. The summed E-state index contributed by atoms with van der Waals surface area (Å²) in [6.07, 6.45) is 2.34. The summed E-state index contributed by atoms with van der Waals surface area (Å²) in [7, 11) is 1.78. The SMILES string of the molecule is CCN(CC)CCCCNC(=NC)NCc1cc(C(C)C)no1. The summed E-state index contributed by atoms with van der Waals surface area (Å²) < 4.78 is 5.31. The molecule has 0 bridgehead atoms. The van der Waals surface area contributed by atoms with Crippen LogP contribution in [0.3, 0.4) is 0 Å². The van der Waals surface area contributed by atoms with Crippen molar-refractivity contribution in [2.75, 3.05) is 33.2 Å². The topological polar surface area (TPSA) is 65.7 Å². The van der Waals surface area contributed by atoms with Gasteiger partial charge in [0.15, 0.2) is 11.7 Å². The van der Waals surface area contributed by atoms with Crippen molar-refractivity contribution in [2.24, 2.45) is 4.99 Å². The monoisotopic (exact) mass is 323 g/mol. The molecule has 0 saturated heterocycles. The average Bonchev–Trinajstić information content (AvgIpc) is 3.03. The second kappa shape index (κ2) is 11.0. The highest BCUT2D eigenvalue weighted by Crippen LogP contribution is 2.13.